The number of para-hydroxylation sites is 3. The molecule has 0 amide bonds. The van der Waals surface area contributed by atoms with Gasteiger partial charge in [-0.05, 0) is 87.8 Å². The van der Waals surface area contributed by atoms with Crippen molar-refractivity contribution in [2.24, 2.45) is 0 Å². The standard InChI is InChI=1S/C57H34N4S/c1-3-14-34(15-4-1)55-46-31-37-16-7-8-19-39(37)56(46)59-57(58-55)61-47-23-11-9-20-40(47)44-30-35(27-29-49(44)61)36-26-28-41-45-33-50-53(43-22-13-25-51(54(43)45)62-52(41)32-36)42-21-10-12-24-48(42)60(50)38-17-5-2-6-18-38/h1-30,32-33H,31H2. The summed E-state index contributed by atoms with van der Waals surface area (Å²) >= 11 is 1.89. The van der Waals surface area contributed by atoms with E-state index < -0.39 is 0 Å². The van der Waals surface area contributed by atoms with E-state index in [0.29, 0.717) is 5.95 Å². The second-order valence-corrected chi connectivity index (χ2v) is 17.6. The third-order valence-corrected chi connectivity index (χ3v) is 14.3. The fourth-order valence-corrected chi connectivity index (χ4v) is 11.6. The van der Waals surface area contributed by atoms with Crippen LogP contribution in [0.1, 0.15) is 11.1 Å². The van der Waals surface area contributed by atoms with Crippen molar-refractivity contribution in [3.63, 3.8) is 0 Å². The van der Waals surface area contributed by atoms with Crippen LogP contribution in [0.5, 0.6) is 0 Å². The fourth-order valence-electron chi connectivity index (χ4n) is 10.4. The molecule has 0 unspecified atom stereocenters. The predicted molar refractivity (Wildman–Crippen MR) is 257 cm³/mol. The maximum absolute atomic E-state index is 5.40. The van der Waals surface area contributed by atoms with Crippen molar-refractivity contribution in [1.82, 2.24) is 19.1 Å². The highest BCUT2D eigenvalue weighted by atomic mass is 32.2. The van der Waals surface area contributed by atoms with E-state index in [2.05, 4.69) is 203 Å². The van der Waals surface area contributed by atoms with Crippen molar-refractivity contribution < 1.29 is 0 Å². The number of hydrogen-bond donors (Lipinski definition) is 0. The highest BCUT2D eigenvalue weighted by Crippen LogP contribution is 2.52. The molecule has 14 rings (SSSR count). The maximum Gasteiger partial charge on any atom is 0.235 e. The van der Waals surface area contributed by atoms with E-state index in [1.807, 2.05) is 11.8 Å². The molecular weight excluding hydrogens is 773 g/mol. The molecule has 5 heteroatoms. The first kappa shape index (κ1) is 34.0. The van der Waals surface area contributed by atoms with Crippen LogP contribution in [0.3, 0.4) is 0 Å². The molecule has 9 aromatic carbocycles. The molecule has 0 radical (unpaired) electrons. The average Bonchev–Trinajstić information content (AvgIpc) is 3.99. The van der Waals surface area contributed by atoms with Crippen LogP contribution >= 0.6 is 11.8 Å². The summed E-state index contributed by atoms with van der Waals surface area (Å²) in [6, 6.07) is 70.7. The largest absolute Gasteiger partial charge is 0.309 e. The molecule has 0 saturated heterocycles. The molecule has 2 aliphatic rings. The zero-order chi connectivity index (χ0) is 40.5. The van der Waals surface area contributed by atoms with Gasteiger partial charge in [0.05, 0.1) is 33.5 Å². The molecule has 0 N–H and O–H groups in total. The Morgan fingerprint density at radius 2 is 1.06 bits per heavy atom. The van der Waals surface area contributed by atoms with Gasteiger partial charge in [-0.2, -0.15) is 0 Å². The highest BCUT2D eigenvalue weighted by Gasteiger charge is 2.28. The van der Waals surface area contributed by atoms with E-state index in [4.69, 9.17) is 9.97 Å². The van der Waals surface area contributed by atoms with Crippen molar-refractivity contribution in [3.05, 3.63) is 205 Å². The Balaban J connectivity index is 0.937. The van der Waals surface area contributed by atoms with Crippen molar-refractivity contribution in [1.29, 1.82) is 0 Å². The SMILES string of the molecule is c1ccc(-c2nc(-n3c4ccccc4c4cc(-c5ccc6c(c5)Sc5cccc7c5c-6cc5c7c6ccccc6n5-c5ccccc5)ccc43)nc3c2Cc2ccccc2-3)cc1. The molecule has 4 nitrogen and oxygen atoms in total. The molecule has 12 aromatic rings. The van der Waals surface area contributed by atoms with E-state index in [1.54, 1.807) is 0 Å². The Bertz CT molecular complexity index is 3860. The second-order valence-electron chi connectivity index (χ2n) is 16.5. The minimum atomic E-state index is 0.691. The normalized spacial score (nSPS) is 12.7. The van der Waals surface area contributed by atoms with Crippen LogP contribution in [-0.4, -0.2) is 19.1 Å². The van der Waals surface area contributed by atoms with Gasteiger partial charge in [0.2, 0.25) is 5.95 Å². The van der Waals surface area contributed by atoms with E-state index in [-0.39, 0.29) is 0 Å². The number of hydrogen-bond acceptors (Lipinski definition) is 3. The van der Waals surface area contributed by atoms with Crippen molar-refractivity contribution in [2.75, 3.05) is 0 Å². The van der Waals surface area contributed by atoms with Crippen LogP contribution in [0.25, 0.3) is 111 Å². The third-order valence-electron chi connectivity index (χ3n) is 13.2. The van der Waals surface area contributed by atoms with Gasteiger partial charge in [0.1, 0.15) is 0 Å². The number of aromatic nitrogens is 4. The first-order valence-electron chi connectivity index (χ1n) is 21.2. The quantitative estimate of drug-likeness (QED) is 0.178. The van der Waals surface area contributed by atoms with E-state index in [1.165, 1.54) is 97.8 Å². The Kier molecular flexibility index (Phi) is 7.07. The molecule has 288 valence electrons. The topological polar surface area (TPSA) is 35.6 Å². The van der Waals surface area contributed by atoms with Crippen molar-refractivity contribution in [3.8, 4) is 56.4 Å². The van der Waals surface area contributed by atoms with Crippen molar-refractivity contribution in [2.45, 2.75) is 16.2 Å². The lowest BCUT2D eigenvalue weighted by Gasteiger charge is -2.22. The summed E-state index contributed by atoms with van der Waals surface area (Å²) in [6.07, 6.45) is 0.828. The molecule has 0 atom stereocenters. The minimum Gasteiger partial charge on any atom is -0.309 e. The molecule has 0 spiro atoms. The molecule has 1 aliphatic heterocycles. The van der Waals surface area contributed by atoms with Gasteiger partial charge in [0.25, 0.3) is 0 Å². The smallest absolute Gasteiger partial charge is 0.235 e. The van der Waals surface area contributed by atoms with Gasteiger partial charge in [-0.25, -0.2) is 9.97 Å². The summed E-state index contributed by atoms with van der Waals surface area (Å²) in [7, 11) is 0. The lowest BCUT2D eigenvalue weighted by atomic mass is 9.93. The van der Waals surface area contributed by atoms with E-state index in [9.17, 15) is 0 Å². The molecule has 4 heterocycles. The van der Waals surface area contributed by atoms with Crippen molar-refractivity contribution >= 4 is 66.1 Å². The Labute approximate surface area is 361 Å². The number of rotatable bonds is 4. The third kappa shape index (κ3) is 4.80. The van der Waals surface area contributed by atoms with Gasteiger partial charge < -0.3 is 4.57 Å². The first-order chi connectivity index (χ1) is 30.7. The Morgan fingerprint density at radius 3 is 1.94 bits per heavy atom. The molecule has 62 heavy (non-hydrogen) atoms. The Hall–Kier alpha value is -7.73. The first-order valence-corrected chi connectivity index (χ1v) is 22.0. The number of fused-ring (bicyclic) bond motifs is 12. The summed E-state index contributed by atoms with van der Waals surface area (Å²) in [6.45, 7) is 0. The molecule has 0 bridgehead atoms. The Morgan fingerprint density at radius 1 is 0.387 bits per heavy atom. The van der Waals surface area contributed by atoms with E-state index in [0.717, 1.165) is 34.4 Å². The molecular formula is C57H34N4S. The summed E-state index contributed by atoms with van der Waals surface area (Å²) in [4.78, 5) is 13.4. The summed E-state index contributed by atoms with van der Waals surface area (Å²) in [5, 5.41) is 7.59. The maximum atomic E-state index is 5.40. The molecule has 0 fully saturated rings. The molecule has 0 saturated carbocycles. The monoisotopic (exact) mass is 806 g/mol. The van der Waals surface area contributed by atoms with Crippen LogP contribution in [0.4, 0.5) is 0 Å². The van der Waals surface area contributed by atoms with Gasteiger partial charge in [0, 0.05) is 65.5 Å². The zero-order valence-corrected chi connectivity index (χ0v) is 34.2. The van der Waals surface area contributed by atoms with Gasteiger partial charge in [-0.3, -0.25) is 4.57 Å². The lowest BCUT2D eigenvalue weighted by molar-refractivity contribution is 0.985. The zero-order valence-electron chi connectivity index (χ0n) is 33.4. The van der Waals surface area contributed by atoms with Crippen LogP contribution in [-0.2, 0) is 6.42 Å². The minimum absolute atomic E-state index is 0.691. The molecule has 3 aromatic heterocycles. The van der Waals surface area contributed by atoms with E-state index >= 15 is 0 Å². The van der Waals surface area contributed by atoms with Crippen LogP contribution in [0, 0.1) is 0 Å². The average molecular weight is 807 g/mol. The lowest BCUT2D eigenvalue weighted by Crippen LogP contribution is -2.05. The number of nitrogens with zero attached hydrogens (tertiary/aromatic N) is 4. The van der Waals surface area contributed by atoms with Gasteiger partial charge >= 0.3 is 0 Å². The summed E-state index contributed by atoms with van der Waals surface area (Å²) < 4.78 is 4.70. The van der Waals surface area contributed by atoms with Gasteiger partial charge in [-0.15, -0.1) is 0 Å². The number of benzene rings is 9. The summed E-state index contributed by atoms with van der Waals surface area (Å²) in [5.41, 5.74) is 17.6. The van der Waals surface area contributed by atoms with Crippen LogP contribution < -0.4 is 0 Å². The second kappa shape index (κ2) is 12.9. The van der Waals surface area contributed by atoms with Gasteiger partial charge in [0.15, 0.2) is 0 Å². The predicted octanol–water partition coefficient (Wildman–Crippen LogP) is 14.9. The highest BCUT2D eigenvalue weighted by molar-refractivity contribution is 7.99. The van der Waals surface area contributed by atoms with Crippen LogP contribution in [0.2, 0.25) is 0 Å². The molecule has 1 aliphatic carbocycles. The fraction of sp³-hybridized carbons (Fsp3) is 0.0175. The van der Waals surface area contributed by atoms with Crippen LogP contribution in [0.15, 0.2) is 204 Å². The summed E-state index contributed by atoms with van der Waals surface area (Å²) in [5.74, 6) is 0.691. The van der Waals surface area contributed by atoms with Gasteiger partial charge in [-0.1, -0.05) is 151 Å².